The van der Waals surface area contributed by atoms with Crippen LogP contribution in [0, 0.1) is 0 Å². The number of rotatable bonds is 5. The molecular weight excluding hydrogens is 200 g/mol. The topological polar surface area (TPSA) is 161 Å². The fourth-order valence-electron chi connectivity index (χ4n) is 0.652. The molecule has 0 unspecified atom stereocenters. The van der Waals surface area contributed by atoms with Gasteiger partial charge in [0.05, 0.1) is 11.9 Å². The van der Waals surface area contributed by atoms with E-state index in [0.29, 0.717) is 0 Å². The third-order valence-electron chi connectivity index (χ3n) is 1.48. The molecular formula is C6H8O8-2. The number of hydrogen-bond acceptors (Lipinski definition) is 8. The van der Waals surface area contributed by atoms with Crippen LogP contribution < -0.4 is 10.2 Å². The Kier molecular flexibility index (Phi) is 4.44. The van der Waals surface area contributed by atoms with Gasteiger partial charge in [0.25, 0.3) is 0 Å². The van der Waals surface area contributed by atoms with Gasteiger partial charge in [-0.15, -0.1) is 0 Å². The van der Waals surface area contributed by atoms with Gasteiger partial charge < -0.3 is 40.2 Å². The van der Waals surface area contributed by atoms with Crippen molar-refractivity contribution in [3.8, 4) is 0 Å². The van der Waals surface area contributed by atoms with Crippen LogP contribution in [0.1, 0.15) is 0 Å². The summed E-state index contributed by atoms with van der Waals surface area (Å²) in [5.74, 6) is -4.22. The van der Waals surface area contributed by atoms with Gasteiger partial charge in [-0.05, 0) is 0 Å². The van der Waals surface area contributed by atoms with E-state index in [2.05, 4.69) is 0 Å². The Labute approximate surface area is 77.7 Å². The maximum atomic E-state index is 9.96. The Hall–Kier alpha value is -1.22. The van der Waals surface area contributed by atoms with Crippen LogP contribution >= 0.6 is 0 Å². The number of carbonyl (C=O) groups excluding carboxylic acids is 2. The maximum absolute atomic E-state index is 9.96. The van der Waals surface area contributed by atoms with Crippen molar-refractivity contribution >= 4 is 11.9 Å². The number of carbonyl (C=O) groups is 2. The van der Waals surface area contributed by atoms with Gasteiger partial charge in [0, 0.05) is 0 Å². The van der Waals surface area contributed by atoms with Crippen LogP contribution in [0.25, 0.3) is 0 Å². The molecule has 8 nitrogen and oxygen atoms in total. The second kappa shape index (κ2) is 4.86. The van der Waals surface area contributed by atoms with Gasteiger partial charge in [0.2, 0.25) is 0 Å². The Balaban J connectivity index is 4.45. The third kappa shape index (κ3) is 2.92. The SMILES string of the molecule is O=C([O-])[C@@H](O)[C@@H](O)[C@@H](O)[C@@H](O)C(=O)[O-]. The highest BCUT2D eigenvalue weighted by molar-refractivity contribution is 5.72. The van der Waals surface area contributed by atoms with Crippen LogP contribution in [-0.4, -0.2) is 56.8 Å². The molecule has 0 aliphatic heterocycles. The van der Waals surface area contributed by atoms with Gasteiger partial charge in [-0.25, -0.2) is 0 Å². The second-order valence-electron chi connectivity index (χ2n) is 2.51. The number of aliphatic hydroxyl groups is 4. The van der Waals surface area contributed by atoms with Gasteiger partial charge in [-0.2, -0.15) is 0 Å². The molecule has 0 heterocycles. The molecule has 0 rings (SSSR count). The maximum Gasteiger partial charge on any atom is 0.122 e. The lowest BCUT2D eigenvalue weighted by atomic mass is 10.0. The highest BCUT2D eigenvalue weighted by atomic mass is 16.4. The van der Waals surface area contributed by atoms with E-state index in [0.717, 1.165) is 0 Å². The largest absolute Gasteiger partial charge is 0.547 e. The lowest BCUT2D eigenvalue weighted by molar-refractivity contribution is -0.327. The number of carboxylic acid groups (broad SMARTS) is 2. The average molecular weight is 208 g/mol. The molecule has 0 bridgehead atoms. The third-order valence-corrected chi connectivity index (χ3v) is 1.48. The number of hydrogen-bond donors (Lipinski definition) is 4. The Morgan fingerprint density at radius 3 is 1.14 bits per heavy atom. The van der Waals surface area contributed by atoms with Crippen molar-refractivity contribution in [3.05, 3.63) is 0 Å². The van der Waals surface area contributed by atoms with Crippen molar-refractivity contribution in [2.75, 3.05) is 0 Å². The fraction of sp³-hybridized carbons (Fsp3) is 0.667. The molecule has 4 atom stereocenters. The summed E-state index contributed by atoms with van der Waals surface area (Å²) in [4.78, 5) is 19.9. The van der Waals surface area contributed by atoms with Crippen LogP contribution in [-0.2, 0) is 9.59 Å². The summed E-state index contributed by atoms with van der Waals surface area (Å²) < 4.78 is 0. The van der Waals surface area contributed by atoms with Crippen molar-refractivity contribution in [2.24, 2.45) is 0 Å². The van der Waals surface area contributed by atoms with Gasteiger partial charge in [-0.1, -0.05) is 0 Å². The van der Waals surface area contributed by atoms with Crippen molar-refractivity contribution in [2.45, 2.75) is 24.4 Å². The second-order valence-corrected chi connectivity index (χ2v) is 2.51. The Bertz CT molecular complexity index is 202. The zero-order valence-corrected chi connectivity index (χ0v) is 6.73. The van der Waals surface area contributed by atoms with Gasteiger partial charge in [0.1, 0.15) is 24.4 Å². The fourth-order valence-corrected chi connectivity index (χ4v) is 0.652. The normalized spacial score (nSPS) is 19.4. The molecule has 8 heteroatoms. The molecule has 0 aromatic heterocycles. The first-order valence-corrected chi connectivity index (χ1v) is 3.43. The Morgan fingerprint density at radius 2 is 1.00 bits per heavy atom. The molecule has 0 fully saturated rings. The zero-order valence-electron chi connectivity index (χ0n) is 6.73. The molecule has 0 aromatic carbocycles. The summed E-state index contributed by atoms with van der Waals surface area (Å²) in [5, 5.41) is 54.7. The summed E-state index contributed by atoms with van der Waals surface area (Å²) >= 11 is 0. The lowest BCUT2D eigenvalue weighted by Crippen LogP contribution is -2.55. The quantitative estimate of drug-likeness (QED) is 0.347. The van der Waals surface area contributed by atoms with Crippen LogP contribution in [0.5, 0.6) is 0 Å². The molecule has 0 aliphatic carbocycles. The van der Waals surface area contributed by atoms with Gasteiger partial charge in [-0.3, -0.25) is 0 Å². The molecule has 0 saturated carbocycles. The van der Waals surface area contributed by atoms with Crippen molar-refractivity contribution in [3.63, 3.8) is 0 Å². The molecule has 4 N–H and O–H groups in total. The molecule has 0 aromatic rings. The zero-order chi connectivity index (χ0) is 11.5. The molecule has 0 radical (unpaired) electrons. The number of aliphatic carboxylic acids is 2. The average Bonchev–Trinajstić information content (AvgIpc) is 2.12. The predicted octanol–water partition coefficient (Wildman–Crippen LogP) is -6.07. The molecule has 0 aliphatic rings. The van der Waals surface area contributed by atoms with E-state index in [-0.39, 0.29) is 0 Å². The van der Waals surface area contributed by atoms with Crippen molar-refractivity contribution in [1.82, 2.24) is 0 Å². The number of aliphatic hydroxyl groups excluding tert-OH is 4. The molecule has 14 heavy (non-hydrogen) atoms. The summed E-state index contributed by atoms with van der Waals surface area (Å²) in [6, 6.07) is 0. The van der Waals surface area contributed by atoms with E-state index in [1.807, 2.05) is 0 Å². The van der Waals surface area contributed by atoms with Crippen molar-refractivity contribution < 1.29 is 40.2 Å². The van der Waals surface area contributed by atoms with E-state index in [4.69, 9.17) is 20.4 Å². The Morgan fingerprint density at radius 1 is 0.786 bits per heavy atom. The van der Waals surface area contributed by atoms with Crippen LogP contribution in [0.15, 0.2) is 0 Å². The number of carboxylic acids is 2. The van der Waals surface area contributed by atoms with E-state index < -0.39 is 36.4 Å². The van der Waals surface area contributed by atoms with Crippen LogP contribution in [0.3, 0.4) is 0 Å². The van der Waals surface area contributed by atoms with E-state index in [9.17, 15) is 19.8 Å². The summed E-state index contributed by atoms with van der Waals surface area (Å²) in [6.45, 7) is 0. The molecule has 82 valence electrons. The van der Waals surface area contributed by atoms with E-state index >= 15 is 0 Å². The highest BCUT2D eigenvalue weighted by Gasteiger charge is 2.31. The standard InChI is InChI=1S/C6H10O8/c7-1(3(9)5(11)12)2(8)4(10)6(13)14/h1-4,7-10H,(H,11,12)(H,13,14)/p-2/t1-,2+,3-,4+. The van der Waals surface area contributed by atoms with E-state index in [1.165, 1.54) is 0 Å². The minimum Gasteiger partial charge on any atom is -0.547 e. The minimum atomic E-state index is -2.50. The highest BCUT2D eigenvalue weighted by Crippen LogP contribution is 2.04. The predicted molar refractivity (Wildman–Crippen MR) is 34.0 cm³/mol. The molecule has 0 saturated heterocycles. The molecule has 0 amide bonds. The first-order chi connectivity index (χ1) is 6.29. The van der Waals surface area contributed by atoms with Crippen molar-refractivity contribution in [1.29, 1.82) is 0 Å². The van der Waals surface area contributed by atoms with Gasteiger partial charge >= 0.3 is 0 Å². The molecule has 0 spiro atoms. The van der Waals surface area contributed by atoms with Crippen LogP contribution in [0.4, 0.5) is 0 Å². The lowest BCUT2D eigenvalue weighted by Gasteiger charge is -2.27. The van der Waals surface area contributed by atoms with Crippen LogP contribution in [0.2, 0.25) is 0 Å². The smallest absolute Gasteiger partial charge is 0.122 e. The summed E-state index contributed by atoms with van der Waals surface area (Å²) in [7, 11) is 0. The summed E-state index contributed by atoms with van der Waals surface area (Å²) in [5.41, 5.74) is 0. The first kappa shape index (κ1) is 12.8. The first-order valence-electron chi connectivity index (χ1n) is 3.43. The minimum absolute atomic E-state index is 2.11. The van der Waals surface area contributed by atoms with E-state index in [1.54, 1.807) is 0 Å². The summed E-state index contributed by atoms with van der Waals surface area (Å²) in [6.07, 6.45) is -9.76. The van der Waals surface area contributed by atoms with Gasteiger partial charge in [0.15, 0.2) is 0 Å². The monoisotopic (exact) mass is 208 g/mol.